The Morgan fingerprint density at radius 3 is 3.00 bits per heavy atom. The third-order valence-corrected chi connectivity index (χ3v) is 2.96. The molecule has 0 N–H and O–H groups in total. The second-order valence-electron chi connectivity index (χ2n) is 4.09. The van der Waals surface area contributed by atoms with Gasteiger partial charge in [0.1, 0.15) is 0 Å². The fraction of sp³-hybridized carbons (Fsp3) is 0.500. The predicted octanol–water partition coefficient (Wildman–Crippen LogP) is 2.20. The lowest BCUT2D eigenvalue weighted by atomic mass is 10.3. The van der Waals surface area contributed by atoms with E-state index < -0.39 is 0 Å². The summed E-state index contributed by atoms with van der Waals surface area (Å²) in [4.78, 5) is 8.34. The number of halogens is 1. The lowest BCUT2D eigenvalue weighted by Crippen LogP contribution is -2.03. The van der Waals surface area contributed by atoms with Crippen LogP contribution in [0.25, 0.3) is 11.0 Å². The minimum atomic E-state index is 0.303. The Balaban J connectivity index is 2.14. The zero-order chi connectivity index (χ0) is 10.4. The molecule has 1 fully saturated rings. The number of hydrogen-bond acceptors (Lipinski definition) is 3. The van der Waals surface area contributed by atoms with Crippen molar-refractivity contribution in [3.8, 4) is 0 Å². The zero-order valence-corrected chi connectivity index (χ0v) is 9.20. The summed E-state index contributed by atoms with van der Waals surface area (Å²) in [7, 11) is 0. The Morgan fingerprint density at radius 2 is 2.27 bits per heavy atom. The molecule has 15 heavy (non-hydrogen) atoms. The Bertz CT molecular complexity index is 515. The molecule has 2 aromatic heterocycles. The number of aryl methyl sites for hydroxylation is 1. The van der Waals surface area contributed by atoms with Gasteiger partial charge in [0.15, 0.2) is 5.65 Å². The molecule has 78 valence electrons. The first kappa shape index (κ1) is 9.09. The molecule has 1 aliphatic carbocycles. The molecule has 0 aromatic carbocycles. The lowest BCUT2D eigenvalue weighted by molar-refractivity contribution is 0.576. The van der Waals surface area contributed by atoms with Gasteiger partial charge in [0, 0.05) is 6.54 Å². The van der Waals surface area contributed by atoms with Gasteiger partial charge in [-0.3, -0.25) is 0 Å². The highest BCUT2D eigenvalue weighted by Crippen LogP contribution is 2.31. The molecular weight excluding hydrogens is 212 g/mol. The standard InChI is InChI=1S/C10H11ClN4/c1-6-8-4-12-15(5-7-2-3-7)9(8)14-10(11)13-6/h4,7H,2-3,5H2,1H3. The molecule has 1 aliphatic rings. The molecule has 0 unspecified atom stereocenters. The van der Waals surface area contributed by atoms with Gasteiger partial charge in [-0.25, -0.2) is 9.67 Å². The van der Waals surface area contributed by atoms with Gasteiger partial charge < -0.3 is 0 Å². The van der Waals surface area contributed by atoms with E-state index in [2.05, 4.69) is 15.1 Å². The van der Waals surface area contributed by atoms with Crippen LogP contribution in [0.4, 0.5) is 0 Å². The Hall–Kier alpha value is -1.16. The SMILES string of the molecule is Cc1nc(Cl)nc2c1cnn2CC1CC1. The smallest absolute Gasteiger partial charge is 0.224 e. The Kier molecular flexibility index (Phi) is 1.92. The monoisotopic (exact) mass is 222 g/mol. The van der Waals surface area contributed by atoms with E-state index in [1.54, 1.807) is 0 Å². The van der Waals surface area contributed by atoms with E-state index in [4.69, 9.17) is 11.6 Å². The number of nitrogens with zero attached hydrogens (tertiary/aromatic N) is 4. The fourth-order valence-electron chi connectivity index (χ4n) is 1.74. The molecule has 0 amide bonds. The van der Waals surface area contributed by atoms with E-state index in [1.165, 1.54) is 12.8 Å². The van der Waals surface area contributed by atoms with Crippen molar-refractivity contribution in [3.05, 3.63) is 17.2 Å². The molecule has 4 nitrogen and oxygen atoms in total. The number of rotatable bonds is 2. The summed E-state index contributed by atoms with van der Waals surface area (Å²) in [5.74, 6) is 0.780. The quantitative estimate of drug-likeness (QED) is 0.732. The van der Waals surface area contributed by atoms with Gasteiger partial charge in [0.05, 0.1) is 17.3 Å². The Morgan fingerprint density at radius 1 is 1.47 bits per heavy atom. The molecule has 0 saturated heterocycles. The first-order valence-corrected chi connectivity index (χ1v) is 5.47. The van der Waals surface area contributed by atoms with Crippen molar-refractivity contribution in [1.29, 1.82) is 0 Å². The molecule has 0 spiro atoms. The van der Waals surface area contributed by atoms with Crippen molar-refractivity contribution < 1.29 is 0 Å². The van der Waals surface area contributed by atoms with Gasteiger partial charge in [-0.05, 0) is 37.3 Å². The largest absolute Gasteiger partial charge is 0.247 e. The van der Waals surface area contributed by atoms with Crippen LogP contribution in [0.3, 0.4) is 0 Å². The van der Waals surface area contributed by atoms with Gasteiger partial charge in [-0.1, -0.05) is 0 Å². The zero-order valence-electron chi connectivity index (χ0n) is 8.44. The van der Waals surface area contributed by atoms with Crippen LogP contribution in [0.1, 0.15) is 18.5 Å². The van der Waals surface area contributed by atoms with Crippen LogP contribution in [0.15, 0.2) is 6.20 Å². The van der Waals surface area contributed by atoms with Gasteiger partial charge in [0.2, 0.25) is 5.28 Å². The maximum atomic E-state index is 5.84. The first-order chi connectivity index (χ1) is 7.24. The van der Waals surface area contributed by atoms with Gasteiger partial charge in [-0.15, -0.1) is 0 Å². The van der Waals surface area contributed by atoms with Crippen LogP contribution < -0.4 is 0 Å². The normalized spacial score (nSPS) is 16.1. The van der Waals surface area contributed by atoms with Gasteiger partial charge in [-0.2, -0.15) is 10.1 Å². The lowest BCUT2D eigenvalue weighted by Gasteiger charge is -2.01. The van der Waals surface area contributed by atoms with E-state index in [1.807, 2.05) is 17.8 Å². The predicted molar refractivity (Wildman–Crippen MR) is 57.8 cm³/mol. The summed E-state index contributed by atoms with van der Waals surface area (Å²) < 4.78 is 1.94. The van der Waals surface area contributed by atoms with Crippen LogP contribution in [0.5, 0.6) is 0 Å². The second kappa shape index (κ2) is 3.17. The highest BCUT2D eigenvalue weighted by Gasteiger charge is 2.23. The third-order valence-electron chi connectivity index (χ3n) is 2.79. The van der Waals surface area contributed by atoms with E-state index >= 15 is 0 Å². The van der Waals surface area contributed by atoms with Crippen molar-refractivity contribution in [2.45, 2.75) is 26.3 Å². The summed E-state index contributed by atoms with van der Waals surface area (Å²) in [6, 6.07) is 0. The summed E-state index contributed by atoms with van der Waals surface area (Å²) in [5.41, 5.74) is 1.76. The van der Waals surface area contributed by atoms with Crippen LogP contribution in [-0.4, -0.2) is 19.7 Å². The topological polar surface area (TPSA) is 43.6 Å². The molecule has 3 rings (SSSR count). The third kappa shape index (κ3) is 1.59. The van der Waals surface area contributed by atoms with E-state index in [0.29, 0.717) is 5.28 Å². The highest BCUT2D eigenvalue weighted by molar-refractivity contribution is 6.28. The van der Waals surface area contributed by atoms with Crippen molar-refractivity contribution in [2.75, 3.05) is 0 Å². The molecule has 0 radical (unpaired) electrons. The van der Waals surface area contributed by atoms with Crippen LogP contribution in [-0.2, 0) is 6.54 Å². The molecule has 0 atom stereocenters. The summed E-state index contributed by atoms with van der Waals surface area (Å²) in [5, 5.41) is 5.64. The molecule has 2 heterocycles. The highest BCUT2D eigenvalue weighted by atomic mass is 35.5. The molecule has 0 aliphatic heterocycles. The minimum Gasteiger partial charge on any atom is -0.247 e. The van der Waals surface area contributed by atoms with Crippen molar-refractivity contribution in [1.82, 2.24) is 19.7 Å². The summed E-state index contributed by atoms with van der Waals surface area (Å²) >= 11 is 5.84. The number of hydrogen-bond donors (Lipinski definition) is 0. The maximum Gasteiger partial charge on any atom is 0.224 e. The molecule has 2 aromatic rings. The van der Waals surface area contributed by atoms with E-state index in [0.717, 1.165) is 29.2 Å². The van der Waals surface area contributed by atoms with Crippen LogP contribution in [0.2, 0.25) is 5.28 Å². The summed E-state index contributed by atoms with van der Waals surface area (Å²) in [6.45, 7) is 2.88. The summed E-state index contributed by atoms with van der Waals surface area (Å²) in [6.07, 6.45) is 4.43. The van der Waals surface area contributed by atoms with Crippen molar-refractivity contribution in [2.24, 2.45) is 5.92 Å². The van der Waals surface area contributed by atoms with Crippen molar-refractivity contribution in [3.63, 3.8) is 0 Å². The minimum absolute atomic E-state index is 0.303. The average Bonchev–Trinajstić information content (AvgIpc) is 2.89. The number of fused-ring (bicyclic) bond motifs is 1. The second-order valence-corrected chi connectivity index (χ2v) is 4.42. The molecular formula is C10H11ClN4. The fourth-order valence-corrected chi connectivity index (χ4v) is 1.95. The van der Waals surface area contributed by atoms with E-state index in [9.17, 15) is 0 Å². The molecule has 1 saturated carbocycles. The van der Waals surface area contributed by atoms with Crippen molar-refractivity contribution >= 4 is 22.6 Å². The Labute approximate surface area is 92.3 Å². The van der Waals surface area contributed by atoms with E-state index in [-0.39, 0.29) is 0 Å². The maximum absolute atomic E-state index is 5.84. The number of aromatic nitrogens is 4. The van der Waals surface area contributed by atoms with Gasteiger partial charge in [0.25, 0.3) is 0 Å². The van der Waals surface area contributed by atoms with Crippen LogP contribution >= 0.6 is 11.6 Å². The average molecular weight is 223 g/mol. The van der Waals surface area contributed by atoms with Crippen LogP contribution in [0, 0.1) is 12.8 Å². The molecule has 5 heteroatoms. The van der Waals surface area contributed by atoms with Gasteiger partial charge >= 0.3 is 0 Å². The molecule has 0 bridgehead atoms. The first-order valence-electron chi connectivity index (χ1n) is 5.09.